The van der Waals surface area contributed by atoms with Crippen molar-refractivity contribution in [1.29, 1.82) is 5.41 Å². The van der Waals surface area contributed by atoms with Crippen molar-refractivity contribution >= 4 is 17.0 Å². The van der Waals surface area contributed by atoms with E-state index in [4.69, 9.17) is 5.41 Å². The Balaban J connectivity index is 2.40. The normalized spacial score (nSPS) is 23.9. The molecule has 0 spiro atoms. The minimum atomic E-state index is 0.794. The van der Waals surface area contributed by atoms with Gasteiger partial charge in [-0.05, 0) is 19.0 Å². The molecule has 1 N–H and O–H groups in total. The fraction of sp³-hybridized carbons (Fsp3) is 0.750. The first-order valence-electron chi connectivity index (χ1n) is 2.25. The van der Waals surface area contributed by atoms with E-state index in [0.29, 0.717) is 0 Å². The zero-order valence-electron chi connectivity index (χ0n) is 4.27. The quantitative estimate of drug-likeness (QED) is 0.477. The molecule has 7 heavy (non-hydrogen) atoms. The molecular weight excluding hydrogens is 108 g/mol. The van der Waals surface area contributed by atoms with Gasteiger partial charge < -0.3 is 0 Å². The number of nitrogens with zero attached hydrogens (tertiary/aromatic N) is 1. The van der Waals surface area contributed by atoms with Gasteiger partial charge >= 0.3 is 0 Å². The highest BCUT2D eigenvalue weighted by molar-refractivity contribution is 8.12. The number of nitrogens with one attached hydrogen (secondary N) is 1. The van der Waals surface area contributed by atoms with Crippen molar-refractivity contribution in [3.05, 3.63) is 0 Å². The predicted octanol–water partition coefficient (Wildman–Crippen LogP) is 0.947. The highest BCUT2D eigenvalue weighted by Crippen LogP contribution is 2.18. The predicted molar refractivity (Wildman–Crippen MR) is 32.6 cm³/mol. The fourth-order valence-corrected chi connectivity index (χ4v) is 1.28. The zero-order chi connectivity index (χ0) is 5.28. The Morgan fingerprint density at radius 1 is 1.86 bits per heavy atom. The molecule has 1 rings (SSSR count). The summed E-state index contributed by atoms with van der Waals surface area (Å²) in [6.07, 6.45) is 0.946. The Hall–Kier alpha value is -0.0200. The van der Waals surface area contributed by atoms with Crippen LogP contribution in [0.2, 0.25) is 0 Å². The third-order valence-electron chi connectivity index (χ3n) is 0.920. The largest absolute Gasteiger partial charge is 0.297 e. The summed E-state index contributed by atoms with van der Waals surface area (Å²) in [4.78, 5) is 0. The van der Waals surface area contributed by atoms with Gasteiger partial charge in [0.05, 0.1) is 5.04 Å². The second kappa shape index (κ2) is 1.84. The van der Waals surface area contributed by atoms with E-state index in [2.05, 4.69) is 4.31 Å². The van der Waals surface area contributed by atoms with Gasteiger partial charge in [0, 0.05) is 13.0 Å². The second-order valence-electron chi connectivity index (χ2n) is 1.62. The Morgan fingerprint density at radius 2 is 2.57 bits per heavy atom. The Bertz CT molecular complexity index is 91.7. The van der Waals surface area contributed by atoms with Gasteiger partial charge in [-0.15, -0.1) is 0 Å². The molecule has 0 atom stereocenters. The Labute approximate surface area is 47.5 Å². The summed E-state index contributed by atoms with van der Waals surface area (Å²) in [6.45, 7) is 1.05. The van der Waals surface area contributed by atoms with Crippen LogP contribution in [0.25, 0.3) is 0 Å². The van der Waals surface area contributed by atoms with Crippen LogP contribution in [-0.4, -0.2) is 22.9 Å². The Morgan fingerprint density at radius 3 is 2.71 bits per heavy atom. The van der Waals surface area contributed by atoms with Crippen LogP contribution in [0, 0.1) is 5.41 Å². The lowest BCUT2D eigenvalue weighted by molar-refractivity contribution is 0.604. The molecule has 3 heteroatoms. The Kier molecular flexibility index (Phi) is 1.35. The smallest absolute Gasteiger partial charge is 0.0807 e. The second-order valence-corrected chi connectivity index (χ2v) is 2.91. The van der Waals surface area contributed by atoms with Crippen LogP contribution in [0.4, 0.5) is 0 Å². The average molecular weight is 116 g/mol. The molecule has 0 aromatic carbocycles. The van der Waals surface area contributed by atoms with Gasteiger partial charge in [0.15, 0.2) is 0 Å². The first kappa shape index (κ1) is 5.12. The molecular formula is C4H8N2S. The van der Waals surface area contributed by atoms with Crippen molar-refractivity contribution in [2.75, 3.05) is 13.6 Å². The van der Waals surface area contributed by atoms with Crippen molar-refractivity contribution in [1.82, 2.24) is 4.31 Å². The van der Waals surface area contributed by atoms with Crippen LogP contribution in [0.5, 0.6) is 0 Å². The third-order valence-corrected chi connectivity index (χ3v) is 1.84. The average Bonchev–Trinajstić information content (AvgIpc) is 1.87. The van der Waals surface area contributed by atoms with Gasteiger partial charge in [0.25, 0.3) is 0 Å². The summed E-state index contributed by atoms with van der Waals surface area (Å²) in [5.41, 5.74) is 0. The fourth-order valence-electron chi connectivity index (χ4n) is 0.538. The molecule has 1 aliphatic rings. The van der Waals surface area contributed by atoms with Gasteiger partial charge in [0.2, 0.25) is 0 Å². The summed E-state index contributed by atoms with van der Waals surface area (Å²) in [5, 5.41) is 7.89. The molecule has 1 fully saturated rings. The summed E-state index contributed by atoms with van der Waals surface area (Å²) >= 11 is 1.54. The topological polar surface area (TPSA) is 27.1 Å². The molecule has 0 aromatic heterocycles. The maximum absolute atomic E-state index is 7.10. The molecule has 40 valence electrons. The first-order valence-corrected chi connectivity index (χ1v) is 3.03. The van der Waals surface area contributed by atoms with Gasteiger partial charge in [-0.1, -0.05) is 0 Å². The molecule has 1 aliphatic heterocycles. The highest BCUT2D eigenvalue weighted by Gasteiger charge is 2.11. The molecule has 0 aliphatic carbocycles. The van der Waals surface area contributed by atoms with E-state index in [-0.39, 0.29) is 0 Å². The lowest BCUT2D eigenvalue weighted by atomic mass is 10.5. The van der Waals surface area contributed by atoms with Crippen molar-refractivity contribution in [3.63, 3.8) is 0 Å². The van der Waals surface area contributed by atoms with Crippen molar-refractivity contribution in [2.45, 2.75) is 6.42 Å². The zero-order valence-corrected chi connectivity index (χ0v) is 5.09. The van der Waals surface area contributed by atoms with Gasteiger partial charge in [0.1, 0.15) is 0 Å². The van der Waals surface area contributed by atoms with E-state index < -0.39 is 0 Å². The lowest BCUT2D eigenvalue weighted by Crippen LogP contribution is -2.00. The molecule has 0 radical (unpaired) electrons. The van der Waals surface area contributed by atoms with Crippen LogP contribution < -0.4 is 0 Å². The maximum atomic E-state index is 7.10. The molecule has 0 aromatic rings. The van der Waals surface area contributed by atoms with Gasteiger partial charge in [-0.3, -0.25) is 5.41 Å². The third kappa shape index (κ3) is 1.17. The van der Waals surface area contributed by atoms with E-state index >= 15 is 0 Å². The molecule has 1 saturated heterocycles. The number of hydrogen-bond acceptors (Lipinski definition) is 3. The van der Waals surface area contributed by atoms with Gasteiger partial charge in [-0.2, -0.15) is 0 Å². The van der Waals surface area contributed by atoms with Crippen LogP contribution in [-0.2, 0) is 0 Å². The van der Waals surface area contributed by atoms with E-state index in [0.717, 1.165) is 18.0 Å². The van der Waals surface area contributed by atoms with Crippen molar-refractivity contribution in [3.8, 4) is 0 Å². The van der Waals surface area contributed by atoms with E-state index in [9.17, 15) is 0 Å². The van der Waals surface area contributed by atoms with Crippen molar-refractivity contribution in [2.24, 2.45) is 0 Å². The molecule has 0 saturated carbocycles. The molecule has 0 bridgehead atoms. The minimum Gasteiger partial charge on any atom is -0.297 e. The monoisotopic (exact) mass is 116 g/mol. The SMILES string of the molecule is CN1CCC(=N)S1. The van der Waals surface area contributed by atoms with E-state index in [1.165, 1.54) is 11.9 Å². The molecule has 0 amide bonds. The summed E-state index contributed by atoms with van der Waals surface area (Å²) in [5.74, 6) is 0. The van der Waals surface area contributed by atoms with Crippen LogP contribution in [0.1, 0.15) is 6.42 Å². The van der Waals surface area contributed by atoms with Crippen LogP contribution in [0.3, 0.4) is 0 Å². The number of rotatable bonds is 0. The standard InChI is InChI=1S/C4H8N2S/c1-6-3-2-4(5)7-6/h5H,2-3H2,1H3. The summed E-state index contributed by atoms with van der Waals surface area (Å²) in [6, 6.07) is 0. The first-order chi connectivity index (χ1) is 3.29. The summed E-state index contributed by atoms with van der Waals surface area (Å²) < 4.78 is 2.07. The number of hydrogen-bond donors (Lipinski definition) is 1. The van der Waals surface area contributed by atoms with Gasteiger partial charge in [-0.25, -0.2) is 4.31 Å². The van der Waals surface area contributed by atoms with Crippen LogP contribution >= 0.6 is 11.9 Å². The molecule has 0 unspecified atom stereocenters. The lowest BCUT2D eigenvalue weighted by Gasteiger charge is -1.98. The summed E-state index contributed by atoms with van der Waals surface area (Å²) in [7, 11) is 2.01. The van der Waals surface area contributed by atoms with Crippen molar-refractivity contribution < 1.29 is 0 Å². The van der Waals surface area contributed by atoms with E-state index in [1.54, 1.807) is 0 Å². The molecule has 2 nitrogen and oxygen atoms in total. The minimum absolute atomic E-state index is 0.794. The molecule has 1 heterocycles. The van der Waals surface area contributed by atoms with E-state index in [1.807, 2.05) is 7.05 Å². The van der Waals surface area contributed by atoms with Crippen LogP contribution in [0.15, 0.2) is 0 Å². The maximum Gasteiger partial charge on any atom is 0.0807 e. The highest BCUT2D eigenvalue weighted by atomic mass is 32.2.